The first kappa shape index (κ1) is 11.7. The van der Waals surface area contributed by atoms with E-state index in [1.165, 1.54) is 12.1 Å². The maximum Gasteiger partial charge on any atom is 0.189 e. The lowest BCUT2D eigenvalue weighted by atomic mass is 10.1. The molecule has 1 N–H and O–H groups in total. The van der Waals surface area contributed by atoms with Gasteiger partial charge in [0.15, 0.2) is 5.78 Å². The Morgan fingerprint density at radius 1 is 1.11 bits per heavy atom. The molecule has 19 heavy (non-hydrogen) atoms. The number of carbonyl (C=O) groups is 1. The summed E-state index contributed by atoms with van der Waals surface area (Å²) in [4.78, 5) is 12.2. The molecule has 0 heterocycles. The number of benzene rings is 2. The highest BCUT2D eigenvalue weighted by atomic mass is 19.1. The van der Waals surface area contributed by atoms with Gasteiger partial charge in [-0.15, -0.1) is 0 Å². The third-order valence-corrected chi connectivity index (χ3v) is 3.27. The Labute approximate surface area is 109 Å². The zero-order valence-electron chi connectivity index (χ0n) is 10.1. The summed E-state index contributed by atoms with van der Waals surface area (Å²) < 4.78 is 12.8. The van der Waals surface area contributed by atoms with Gasteiger partial charge in [0.1, 0.15) is 11.6 Å². The van der Waals surface area contributed by atoms with Crippen LogP contribution in [0.3, 0.4) is 0 Å². The van der Waals surface area contributed by atoms with Crippen LogP contribution in [0.5, 0.6) is 5.75 Å². The van der Waals surface area contributed by atoms with Gasteiger partial charge in [0.05, 0.1) is 0 Å². The van der Waals surface area contributed by atoms with Crippen LogP contribution in [-0.4, -0.2) is 10.9 Å². The van der Waals surface area contributed by atoms with Crippen molar-refractivity contribution in [2.24, 2.45) is 0 Å². The van der Waals surface area contributed by atoms with Gasteiger partial charge in [-0.3, -0.25) is 4.79 Å². The van der Waals surface area contributed by atoms with Crippen LogP contribution in [0.4, 0.5) is 4.39 Å². The molecule has 2 nitrogen and oxygen atoms in total. The number of fused-ring (bicyclic) bond motifs is 1. The fourth-order valence-corrected chi connectivity index (χ4v) is 2.29. The van der Waals surface area contributed by atoms with Gasteiger partial charge in [-0.1, -0.05) is 24.3 Å². The van der Waals surface area contributed by atoms with Gasteiger partial charge in [0.25, 0.3) is 0 Å². The Bertz CT molecular complexity index is 684. The minimum atomic E-state index is -0.305. The summed E-state index contributed by atoms with van der Waals surface area (Å²) in [6.45, 7) is 0. The molecule has 0 atom stereocenters. The maximum absolute atomic E-state index is 12.8. The molecule has 0 aromatic heterocycles. The first-order valence-electron chi connectivity index (χ1n) is 5.97. The fourth-order valence-electron chi connectivity index (χ4n) is 2.29. The summed E-state index contributed by atoms with van der Waals surface area (Å²) in [6.07, 6.45) is 2.15. The third-order valence-electron chi connectivity index (χ3n) is 3.27. The van der Waals surface area contributed by atoms with Crippen molar-refractivity contribution in [3.8, 4) is 5.75 Å². The van der Waals surface area contributed by atoms with E-state index < -0.39 is 0 Å². The van der Waals surface area contributed by atoms with Gasteiger partial charge in [-0.05, 0) is 29.8 Å². The topological polar surface area (TPSA) is 37.3 Å². The molecule has 0 radical (unpaired) electrons. The molecule has 0 unspecified atom stereocenters. The van der Waals surface area contributed by atoms with E-state index in [2.05, 4.69) is 0 Å². The number of allylic oxidation sites excluding steroid dienone is 1. The molecule has 1 aliphatic rings. The number of carbonyl (C=O) groups excluding carboxylic acids is 1. The van der Waals surface area contributed by atoms with Crippen LogP contribution >= 0.6 is 0 Å². The van der Waals surface area contributed by atoms with E-state index in [9.17, 15) is 14.3 Å². The van der Waals surface area contributed by atoms with E-state index in [0.717, 1.165) is 5.56 Å². The molecule has 3 heteroatoms. The first-order chi connectivity index (χ1) is 9.15. The Hall–Kier alpha value is -2.42. The average Bonchev–Trinajstić information content (AvgIpc) is 2.72. The molecular weight excluding hydrogens is 243 g/mol. The Morgan fingerprint density at radius 3 is 2.53 bits per heavy atom. The van der Waals surface area contributed by atoms with E-state index in [-0.39, 0.29) is 17.3 Å². The molecule has 94 valence electrons. The van der Waals surface area contributed by atoms with Crippen molar-refractivity contribution in [3.05, 3.63) is 70.5 Å². The predicted molar refractivity (Wildman–Crippen MR) is 70.5 cm³/mol. The van der Waals surface area contributed by atoms with Crippen LogP contribution in [0.25, 0.3) is 6.08 Å². The molecule has 0 amide bonds. The fraction of sp³-hybridized carbons (Fsp3) is 0.0625. The molecule has 0 saturated carbocycles. The quantitative estimate of drug-likeness (QED) is 0.792. The number of hydrogen-bond donors (Lipinski definition) is 1. The standard InChI is InChI=1S/C16H11FO2/c17-12-6-4-10(5-7-12)8-11-9-14-13(16(11)19)2-1-3-15(14)18/h1-8,18H,9H2. The number of ketones is 1. The molecule has 0 fully saturated rings. The second kappa shape index (κ2) is 4.35. The summed E-state index contributed by atoms with van der Waals surface area (Å²) in [5.74, 6) is -0.232. The minimum Gasteiger partial charge on any atom is -0.508 e. The van der Waals surface area contributed by atoms with Crippen molar-refractivity contribution < 1.29 is 14.3 Å². The SMILES string of the molecule is O=C1C(=Cc2ccc(F)cc2)Cc2c(O)cccc21. The molecule has 2 aromatic carbocycles. The van der Waals surface area contributed by atoms with Gasteiger partial charge in [-0.25, -0.2) is 4.39 Å². The average molecular weight is 254 g/mol. The van der Waals surface area contributed by atoms with Gasteiger partial charge in [0, 0.05) is 23.1 Å². The Kier molecular flexibility index (Phi) is 2.67. The van der Waals surface area contributed by atoms with Gasteiger partial charge < -0.3 is 5.11 Å². The van der Waals surface area contributed by atoms with E-state index in [1.54, 1.807) is 36.4 Å². The third kappa shape index (κ3) is 2.03. The van der Waals surface area contributed by atoms with Crippen LogP contribution in [-0.2, 0) is 6.42 Å². The second-order valence-corrected chi connectivity index (χ2v) is 4.53. The smallest absolute Gasteiger partial charge is 0.189 e. The number of Topliss-reactive ketones (excluding diaryl/α,β-unsaturated/α-hetero) is 1. The zero-order chi connectivity index (χ0) is 13.4. The molecule has 0 aliphatic heterocycles. The van der Waals surface area contributed by atoms with Crippen LogP contribution in [0, 0.1) is 5.82 Å². The highest BCUT2D eigenvalue weighted by molar-refractivity contribution is 6.16. The summed E-state index contributed by atoms with van der Waals surface area (Å²) in [5, 5.41) is 9.74. The van der Waals surface area contributed by atoms with Crippen LogP contribution in [0.1, 0.15) is 21.5 Å². The van der Waals surface area contributed by atoms with E-state index in [0.29, 0.717) is 23.1 Å². The molecule has 2 aromatic rings. The summed E-state index contributed by atoms with van der Waals surface area (Å²) in [7, 11) is 0. The number of rotatable bonds is 1. The summed E-state index contributed by atoms with van der Waals surface area (Å²) in [5.41, 5.74) is 2.61. The molecule has 0 spiro atoms. The maximum atomic E-state index is 12.8. The zero-order valence-corrected chi connectivity index (χ0v) is 10.1. The van der Waals surface area contributed by atoms with Gasteiger partial charge in [-0.2, -0.15) is 0 Å². The van der Waals surface area contributed by atoms with Gasteiger partial charge in [0.2, 0.25) is 0 Å². The van der Waals surface area contributed by atoms with E-state index in [1.807, 2.05) is 0 Å². The molecular formula is C16H11FO2. The normalized spacial score (nSPS) is 15.8. The highest BCUT2D eigenvalue weighted by Gasteiger charge is 2.26. The molecule has 0 bridgehead atoms. The van der Waals surface area contributed by atoms with E-state index in [4.69, 9.17) is 0 Å². The molecule has 0 saturated heterocycles. The second-order valence-electron chi connectivity index (χ2n) is 4.53. The highest BCUT2D eigenvalue weighted by Crippen LogP contribution is 2.33. The Morgan fingerprint density at radius 2 is 1.84 bits per heavy atom. The monoisotopic (exact) mass is 254 g/mol. The van der Waals surface area contributed by atoms with Crippen molar-refractivity contribution in [2.75, 3.05) is 0 Å². The Balaban J connectivity index is 2.00. The van der Waals surface area contributed by atoms with Crippen molar-refractivity contribution in [1.29, 1.82) is 0 Å². The minimum absolute atomic E-state index is 0.0739. The largest absolute Gasteiger partial charge is 0.508 e. The van der Waals surface area contributed by atoms with Crippen molar-refractivity contribution in [1.82, 2.24) is 0 Å². The van der Waals surface area contributed by atoms with Crippen LogP contribution < -0.4 is 0 Å². The summed E-state index contributed by atoms with van der Waals surface area (Å²) >= 11 is 0. The predicted octanol–water partition coefficient (Wildman–Crippen LogP) is 3.35. The lowest BCUT2D eigenvalue weighted by molar-refractivity contribution is 0.104. The van der Waals surface area contributed by atoms with Crippen LogP contribution in [0.2, 0.25) is 0 Å². The first-order valence-corrected chi connectivity index (χ1v) is 5.97. The van der Waals surface area contributed by atoms with Gasteiger partial charge >= 0.3 is 0 Å². The lowest BCUT2D eigenvalue weighted by Gasteiger charge is -1.98. The number of halogens is 1. The van der Waals surface area contributed by atoms with Crippen molar-refractivity contribution in [2.45, 2.75) is 6.42 Å². The van der Waals surface area contributed by atoms with Crippen LogP contribution in [0.15, 0.2) is 48.0 Å². The number of aromatic hydroxyl groups is 1. The molecule has 1 aliphatic carbocycles. The number of phenolic OH excluding ortho intramolecular Hbond substituents is 1. The van der Waals surface area contributed by atoms with Crippen molar-refractivity contribution >= 4 is 11.9 Å². The number of hydrogen-bond acceptors (Lipinski definition) is 2. The lowest BCUT2D eigenvalue weighted by Crippen LogP contribution is -1.94. The number of phenols is 1. The molecule has 3 rings (SSSR count). The van der Waals surface area contributed by atoms with E-state index >= 15 is 0 Å². The van der Waals surface area contributed by atoms with Crippen molar-refractivity contribution in [3.63, 3.8) is 0 Å². The summed E-state index contributed by atoms with van der Waals surface area (Å²) in [6, 6.07) is 10.9.